The van der Waals surface area contributed by atoms with Crippen molar-refractivity contribution in [3.63, 3.8) is 0 Å². The number of ether oxygens (including phenoxy) is 1. The molecule has 0 fully saturated rings. The molecule has 2 aromatic rings. The van der Waals surface area contributed by atoms with Crippen LogP contribution in [0.5, 0.6) is 0 Å². The van der Waals surface area contributed by atoms with Crippen molar-refractivity contribution in [3.8, 4) is 11.5 Å². The monoisotopic (exact) mass is 315 g/mol. The van der Waals surface area contributed by atoms with E-state index < -0.39 is 6.04 Å². The normalized spacial score (nSPS) is 12.7. The van der Waals surface area contributed by atoms with Crippen molar-refractivity contribution in [1.82, 2.24) is 10.1 Å². The van der Waals surface area contributed by atoms with E-state index in [-0.39, 0.29) is 18.3 Å². The van der Waals surface area contributed by atoms with Crippen molar-refractivity contribution in [2.24, 2.45) is 5.73 Å². The van der Waals surface area contributed by atoms with Gasteiger partial charge in [0.2, 0.25) is 0 Å². The fourth-order valence-corrected chi connectivity index (χ4v) is 1.90. The van der Waals surface area contributed by atoms with Crippen molar-refractivity contribution in [2.45, 2.75) is 6.04 Å². The van der Waals surface area contributed by atoms with E-state index in [1.807, 2.05) is 0 Å². The Morgan fingerprint density at radius 1 is 1.50 bits per heavy atom. The molecule has 0 saturated heterocycles. The molecule has 1 aromatic heterocycles. The van der Waals surface area contributed by atoms with Gasteiger partial charge >= 0.3 is 0 Å². The molecule has 1 atom stereocenters. The Kier molecular flexibility index (Phi) is 4.05. The second-order valence-electron chi connectivity index (χ2n) is 3.68. The molecule has 1 heterocycles. The molecule has 0 bridgehead atoms. The Labute approximate surface area is 111 Å². The smallest absolute Gasteiger partial charge is 0.258 e. The maximum atomic E-state index is 13.2. The van der Waals surface area contributed by atoms with Gasteiger partial charge in [0.05, 0.1) is 12.6 Å². The summed E-state index contributed by atoms with van der Waals surface area (Å²) in [6.45, 7) is 0.284. The van der Waals surface area contributed by atoms with E-state index in [9.17, 15) is 4.39 Å². The zero-order chi connectivity index (χ0) is 13.1. The summed E-state index contributed by atoms with van der Waals surface area (Å²) in [7, 11) is 1.53. The standard InChI is InChI=1S/C11H11BrFN3O2/c1-17-5-9(14)10-15-11(18-16-10)6-2-7(12)4-8(13)3-6/h2-4,9H,5,14H2,1H3. The van der Waals surface area contributed by atoms with E-state index in [1.54, 1.807) is 6.07 Å². The van der Waals surface area contributed by atoms with Crippen LogP contribution in [0.3, 0.4) is 0 Å². The Hall–Kier alpha value is -1.31. The summed E-state index contributed by atoms with van der Waals surface area (Å²) in [5, 5.41) is 3.74. The molecular formula is C11H11BrFN3O2. The van der Waals surface area contributed by atoms with Gasteiger partial charge in [-0.3, -0.25) is 0 Å². The van der Waals surface area contributed by atoms with Crippen LogP contribution in [0, 0.1) is 5.82 Å². The van der Waals surface area contributed by atoms with Crippen LogP contribution in [-0.2, 0) is 4.74 Å². The lowest BCUT2D eigenvalue weighted by Gasteiger charge is -2.03. The molecule has 0 saturated carbocycles. The lowest BCUT2D eigenvalue weighted by Crippen LogP contribution is -2.17. The highest BCUT2D eigenvalue weighted by atomic mass is 79.9. The van der Waals surface area contributed by atoms with Crippen LogP contribution in [0.4, 0.5) is 4.39 Å². The van der Waals surface area contributed by atoms with Crippen LogP contribution in [0.25, 0.3) is 11.5 Å². The average Bonchev–Trinajstić information content (AvgIpc) is 2.77. The number of aromatic nitrogens is 2. The number of methoxy groups -OCH3 is 1. The molecule has 18 heavy (non-hydrogen) atoms. The highest BCUT2D eigenvalue weighted by Crippen LogP contribution is 2.24. The molecule has 1 aromatic carbocycles. The lowest BCUT2D eigenvalue weighted by atomic mass is 10.2. The van der Waals surface area contributed by atoms with Gasteiger partial charge in [-0.2, -0.15) is 4.98 Å². The summed E-state index contributed by atoms with van der Waals surface area (Å²) in [5.74, 6) is 0.157. The van der Waals surface area contributed by atoms with E-state index in [2.05, 4.69) is 26.1 Å². The van der Waals surface area contributed by atoms with Gasteiger partial charge in [0, 0.05) is 17.1 Å². The minimum absolute atomic E-state index is 0.219. The number of halogens is 2. The van der Waals surface area contributed by atoms with Gasteiger partial charge in [0.1, 0.15) is 5.82 Å². The molecule has 0 radical (unpaired) electrons. The zero-order valence-electron chi connectivity index (χ0n) is 9.56. The number of hydrogen-bond acceptors (Lipinski definition) is 5. The molecular weight excluding hydrogens is 305 g/mol. The summed E-state index contributed by atoms with van der Waals surface area (Å²) >= 11 is 3.20. The highest BCUT2D eigenvalue weighted by molar-refractivity contribution is 9.10. The van der Waals surface area contributed by atoms with Crippen LogP contribution < -0.4 is 5.73 Å². The third kappa shape index (κ3) is 2.92. The topological polar surface area (TPSA) is 74.2 Å². The predicted molar refractivity (Wildman–Crippen MR) is 66.2 cm³/mol. The average molecular weight is 316 g/mol. The first-order valence-electron chi connectivity index (χ1n) is 5.14. The van der Waals surface area contributed by atoms with Gasteiger partial charge in [-0.15, -0.1) is 0 Å². The minimum atomic E-state index is -0.468. The molecule has 2 N–H and O–H groups in total. The Morgan fingerprint density at radius 2 is 2.28 bits per heavy atom. The first kappa shape index (κ1) is 13.1. The van der Waals surface area contributed by atoms with Crippen LogP contribution in [-0.4, -0.2) is 23.9 Å². The fraction of sp³-hybridized carbons (Fsp3) is 0.273. The maximum absolute atomic E-state index is 13.2. The molecule has 7 heteroatoms. The lowest BCUT2D eigenvalue weighted by molar-refractivity contribution is 0.177. The van der Waals surface area contributed by atoms with Gasteiger partial charge < -0.3 is 15.0 Å². The first-order valence-corrected chi connectivity index (χ1v) is 5.94. The van der Waals surface area contributed by atoms with Crippen molar-refractivity contribution >= 4 is 15.9 Å². The van der Waals surface area contributed by atoms with E-state index in [1.165, 1.54) is 19.2 Å². The van der Waals surface area contributed by atoms with Crippen LogP contribution in [0.1, 0.15) is 11.9 Å². The summed E-state index contributed by atoms with van der Waals surface area (Å²) < 4.78 is 23.8. The highest BCUT2D eigenvalue weighted by Gasteiger charge is 2.15. The zero-order valence-corrected chi connectivity index (χ0v) is 11.1. The second-order valence-corrected chi connectivity index (χ2v) is 4.59. The molecule has 0 aliphatic rings. The number of rotatable bonds is 4. The predicted octanol–water partition coefficient (Wildman–Crippen LogP) is 2.28. The van der Waals surface area contributed by atoms with E-state index >= 15 is 0 Å². The summed E-state index contributed by atoms with van der Waals surface area (Å²) in [5.41, 5.74) is 6.25. The third-order valence-electron chi connectivity index (χ3n) is 2.23. The number of nitrogens with zero attached hydrogens (tertiary/aromatic N) is 2. The molecule has 0 amide bonds. The molecule has 96 valence electrons. The van der Waals surface area contributed by atoms with Gasteiger partial charge in [-0.05, 0) is 18.2 Å². The number of hydrogen-bond donors (Lipinski definition) is 1. The van der Waals surface area contributed by atoms with Gasteiger partial charge in [-0.25, -0.2) is 4.39 Å². The first-order chi connectivity index (χ1) is 8.60. The molecule has 0 aliphatic carbocycles. The van der Waals surface area contributed by atoms with Crippen LogP contribution >= 0.6 is 15.9 Å². The van der Waals surface area contributed by atoms with Gasteiger partial charge in [0.15, 0.2) is 5.82 Å². The van der Waals surface area contributed by atoms with E-state index in [4.69, 9.17) is 15.0 Å². The maximum Gasteiger partial charge on any atom is 0.258 e. The Morgan fingerprint density at radius 3 is 2.94 bits per heavy atom. The van der Waals surface area contributed by atoms with Crippen molar-refractivity contribution in [3.05, 3.63) is 34.3 Å². The molecule has 1 unspecified atom stereocenters. The van der Waals surface area contributed by atoms with Gasteiger partial charge in [0.25, 0.3) is 5.89 Å². The quantitative estimate of drug-likeness (QED) is 0.937. The Balaban J connectivity index is 2.29. The molecule has 0 aliphatic heterocycles. The fourth-order valence-electron chi connectivity index (χ4n) is 1.43. The number of nitrogens with two attached hydrogens (primary N) is 1. The van der Waals surface area contributed by atoms with Crippen molar-refractivity contribution in [1.29, 1.82) is 0 Å². The van der Waals surface area contributed by atoms with Crippen LogP contribution in [0.2, 0.25) is 0 Å². The van der Waals surface area contributed by atoms with Crippen LogP contribution in [0.15, 0.2) is 27.2 Å². The second kappa shape index (κ2) is 5.55. The summed E-state index contributed by atoms with van der Waals surface area (Å²) in [4.78, 5) is 4.11. The minimum Gasteiger partial charge on any atom is -0.383 e. The molecule has 5 nitrogen and oxygen atoms in total. The Bertz CT molecular complexity index is 527. The summed E-state index contributed by atoms with van der Waals surface area (Å²) in [6.07, 6.45) is 0. The van der Waals surface area contributed by atoms with Crippen molar-refractivity contribution < 1.29 is 13.7 Å². The SMILES string of the molecule is COCC(N)c1noc(-c2cc(F)cc(Br)c2)n1. The molecule has 0 spiro atoms. The van der Waals surface area contributed by atoms with Crippen molar-refractivity contribution in [2.75, 3.05) is 13.7 Å². The largest absolute Gasteiger partial charge is 0.383 e. The van der Waals surface area contributed by atoms with E-state index in [0.717, 1.165) is 0 Å². The summed E-state index contributed by atoms with van der Waals surface area (Å²) in [6, 6.07) is 3.87. The van der Waals surface area contributed by atoms with E-state index in [0.29, 0.717) is 15.9 Å². The third-order valence-corrected chi connectivity index (χ3v) is 2.69. The number of benzene rings is 1. The van der Waals surface area contributed by atoms with Gasteiger partial charge in [-0.1, -0.05) is 21.1 Å². The molecule has 2 rings (SSSR count).